The Morgan fingerprint density at radius 2 is 1.87 bits per heavy atom. The average Bonchev–Trinajstić information content (AvgIpc) is 2.98. The predicted molar refractivity (Wildman–Crippen MR) is 59.4 cm³/mol. The van der Waals surface area contributed by atoms with Gasteiger partial charge in [-0.25, -0.2) is 8.42 Å². The molecule has 0 aliphatic heterocycles. The van der Waals surface area contributed by atoms with E-state index in [1.165, 1.54) is 6.07 Å². The van der Waals surface area contributed by atoms with Crippen molar-refractivity contribution >= 4 is 32.1 Å². The van der Waals surface area contributed by atoms with Crippen molar-refractivity contribution in [1.82, 2.24) is 0 Å². The van der Waals surface area contributed by atoms with Crippen LogP contribution in [0.5, 0.6) is 0 Å². The maximum atomic E-state index is 12.1. The molecule has 1 aliphatic rings. The number of sulfone groups is 1. The number of carbonyl (C=O) groups excluding carboxylic acids is 1. The lowest BCUT2D eigenvalue weighted by atomic mass is 10.4. The van der Waals surface area contributed by atoms with Crippen molar-refractivity contribution in [2.24, 2.45) is 0 Å². The SMILES string of the molecule is O=CC1(S(=O)(=O)c2ccccc2Br)CC1. The Balaban J connectivity index is 2.57. The Hall–Kier alpha value is -0.680. The minimum absolute atomic E-state index is 0.203. The topological polar surface area (TPSA) is 51.2 Å². The lowest BCUT2D eigenvalue weighted by molar-refractivity contribution is -0.108. The number of benzene rings is 1. The van der Waals surface area contributed by atoms with Gasteiger partial charge in [-0.2, -0.15) is 0 Å². The number of carbonyl (C=O) groups is 1. The van der Waals surface area contributed by atoms with Gasteiger partial charge in [0, 0.05) is 4.47 Å². The van der Waals surface area contributed by atoms with Gasteiger partial charge in [0.2, 0.25) is 0 Å². The molecule has 80 valence electrons. The van der Waals surface area contributed by atoms with Crippen molar-refractivity contribution in [2.45, 2.75) is 22.5 Å². The van der Waals surface area contributed by atoms with E-state index in [9.17, 15) is 13.2 Å². The summed E-state index contributed by atoms with van der Waals surface area (Å²) >= 11 is 3.19. The molecule has 5 heteroatoms. The number of aldehydes is 1. The lowest BCUT2D eigenvalue weighted by Gasteiger charge is -2.10. The molecular weight excluding hydrogens is 280 g/mol. The molecule has 3 nitrogen and oxygen atoms in total. The molecule has 1 aromatic rings. The second-order valence-corrected chi connectivity index (χ2v) is 6.73. The van der Waals surface area contributed by atoms with E-state index < -0.39 is 14.6 Å². The van der Waals surface area contributed by atoms with Crippen molar-refractivity contribution in [3.63, 3.8) is 0 Å². The molecule has 0 spiro atoms. The predicted octanol–water partition coefficient (Wildman–Crippen LogP) is 1.95. The summed E-state index contributed by atoms with van der Waals surface area (Å²) in [4.78, 5) is 11.0. The molecule has 1 aliphatic carbocycles. The Kier molecular flexibility index (Phi) is 2.47. The Labute approximate surface area is 96.5 Å². The van der Waals surface area contributed by atoms with E-state index in [2.05, 4.69) is 15.9 Å². The quantitative estimate of drug-likeness (QED) is 0.799. The summed E-state index contributed by atoms with van der Waals surface area (Å²) in [6.07, 6.45) is 1.42. The zero-order valence-corrected chi connectivity index (χ0v) is 10.2. The molecule has 2 rings (SSSR count). The Morgan fingerprint density at radius 3 is 2.33 bits per heavy atom. The highest BCUT2D eigenvalue weighted by Gasteiger charge is 2.55. The highest BCUT2D eigenvalue weighted by molar-refractivity contribution is 9.10. The van der Waals surface area contributed by atoms with Gasteiger partial charge in [-0.05, 0) is 40.9 Å². The van der Waals surface area contributed by atoms with Crippen LogP contribution in [0.2, 0.25) is 0 Å². The van der Waals surface area contributed by atoms with Gasteiger partial charge in [0.15, 0.2) is 9.84 Å². The third-order valence-electron chi connectivity index (χ3n) is 2.62. The molecule has 1 aromatic carbocycles. The molecule has 1 saturated carbocycles. The lowest BCUT2D eigenvalue weighted by Crippen LogP contribution is -2.25. The zero-order chi connectivity index (χ0) is 11.1. The zero-order valence-electron chi connectivity index (χ0n) is 7.81. The van der Waals surface area contributed by atoms with Gasteiger partial charge >= 0.3 is 0 Å². The first kappa shape index (κ1) is 10.8. The van der Waals surface area contributed by atoms with Crippen LogP contribution in [0.3, 0.4) is 0 Å². The molecule has 0 N–H and O–H groups in total. The summed E-state index contributed by atoms with van der Waals surface area (Å²) in [5.41, 5.74) is 0. The molecule has 0 heterocycles. The molecule has 15 heavy (non-hydrogen) atoms. The number of halogens is 1. The summed E-state index contributed by atoms with van der Waals surface area (Å²) in [5, 5.41) is 0. The van der Waals surface area contributed by atoms with Crippen molar-refractivity contribution < 1.29 is 13.2 Å². The Bertz CT molecular complexity index is 503. The monoisotopic (exact) mass is 288 g/mol. The van der Waals surface area contributed by atoms with Crippen LogP contribution in [0, 0.1) is 0 Å². The summed E-state index contributed by atoms with van der Waals surface area (Å²) in [6.45, 7) is 0. The third-order valence-corrected chi connectivity index (χ3v) is 6.08. The first-order chi connectivity index (χ1) is 7.03. The van der Waals surface area contributed by atoms with Gasteiger partial charge in [0.1, 0.15) is 11.0 Å². The first-order valence-electron chi connectivity index (χ1n) is 4.49. The Morgan fingerprint density at radius 1 is 1.27 bits per heavy atom. The van der Waals surface area contributed by atoms with E-state index in [0.29, 0.717) is 23.6 Å². The molecule has 0 saturated heterocycles. The molecule has 0 aromatic heterocycles. The van der Waals surface area contributed by atoms with E-state index in [0.717, 1.165) is 0 Å². The minimum Gasteiger partial charge on any atom is -0.302 e. The van der Waals surface area contributed by atoms with E-state index in [1.807, 2.05) is 0 Å². The van der Waals surface area contributed by atoms with Crippen molar-refractivity contribution in [1.29, 1.82) is 0 Å². The van der Waals surface area contributed by atoms with E-state index in [-0.39, 0.29) is 4.90 Å². The van der Waals surface area contributed by atoms with Crippen LogP contribution in [-0.4, -0.2) is 19.5 Å². The second kappa shape index (κ2) is 3.42. The van der Waals surface area contributed by atoms with Gasteiger partial charge in [-0.15, -0.1) is 0 Å². The van der Waals surface area contributed by atoms with Crippen LogP contribution in [0.25, 0.3) is 0 Å². The largest absolute Gasteiger partial charge is 0.302 e. The fraction of sp³-hybridized carbons (Fsp3) is 0.300. The molecule has 0 atom stereocenters. The average molecular weight is 289 g/mol. The van der Waals surface area contributed by atoms with Crippen LogP contribution in [0.1, 0.15) is 12.8 Å². The molecule has 0 bridgehead atoms. The van der Waals surface area contributed by atoms with Crippen LogP contribution < -0.4 is 0 Å². The van der Waals surface area contributed by atoms with Crippen LogP contribution in [-0.2, 0) is 14.6 Å². The van der Waals surface area contributed by atoms with E-state index >= 15 is 0 Å². The van der Waals surface area contributed by atoms with E-state index in [1.54, 1.807) is 18.2 Å². The highest BCUT2D eigenvalue weighted by Crippen LogP contribution is 2.46. The van der Waals surface area contributed by atoms with Crippen LogP contribution in [0.15, 0.2) is 33.6 Å². The minimum atomic E-state index is -3.52. The summed E-state index contributed by atoms with van der Waals surface area (Å²) in [7, 11) is -3.52. The summed E-state index contributed by atoms with van der Waals surface area (Å²) in [5.74, 6) is 0. The normalized spacial score (nSPS) is 18.5. The van der Waals surface area contributed by atoms with Crippen molar-refractivity contribution in [2.75, 3.05) is 0 Å². The molecule has 0 amide bonds. The third kappa shape index (κ3) is 1.54. The standard InChI is InChI=1S/C10H9BrO3S/c11-8-3-1-2-4-9(8)15(13,14)10(7-12)5-6-10/h1-4,7H,5-6H2. The van der Waals surface area contributed by atoms with Gasteiger partial charge in [0.05, 0.1) is 4.90 Å². The fourth-order valence-corrected chi connectivity index (χ4v) is 4.17. The van der Waals surface area contributed by atoms with Crippen molar-refractivity contribution in [3.8, 4) is 0 Å². The number of hydrogen-bond acceptors (Lipinski definition) is 3. The fourth-order valence-electron chi connectivity index (χ4n) is 1.45. The van der Waals surface area contributed by atoms with E-state index in [4.69, 9.17) is 0 Å². The van der Waals surface area contributed by atoms with Crippen LogP contribution in [0.4, 0.5) is 0 Å². The maximum absolute atomic E-state index is 12.1. The van der Waals surface area contributed by atoms with Gasteiger partial charge in [-0.3, -0.25) is 0 Å². The molecule has 0 radical (unpaired) electrons. The summed E-state index contributed by atoms with van der Waals surface area (Å²) in [6, 6.07) is 6.57. The van der Waals surface area contributed by atoms with Gasteiger partial charge < -0.3 is 4.79 Å². The molecule has 1 fully saturated rings. The van der Waals surface area contributed by atoms with Crippen molar-refractivity contribution in [3.05, 3.63) is 28.7 Å². The summed E-state index contributed by atoms with van der Waals surface area (Å²) < 4.78 is 23.6. The first-order valence-corrected chi connectivity index (χ1v) is 6.77. The van der Waals surface area contributed by atoms with Crippen LogP contribution >= 0.6 is 15.9 Å². The maximum Gasteiger partial charge on any atom is 0.191 e. The van der Waals surface area contributed by atoms with Gasteiger partial charge in [0.25, 0.3) is 0 Å². The highest BCUT2D eigenvalue weighted by atomic mass is 79.9. The molecule has 0 unspecified atom stereocenters. The molecular formula is C10H9BrO3S. The number of hydrogen-bond donors (Lipinski definition) is 0. The second-order valence-electron chi connectivity index (χ2n) is 3.62. The number of rotatable bonds is 3. The smallest absolute Gasteiger partial charge is 0.191 e. The van der Waals surface area contributed by atoms with Gasteiger partial charge in [-0.1, -0.05) is 12.1 Å².